The fraction of sp³-hybridized carbons (Fsp3) is 0.143. The minimum Gasteiger partial charge on any atom is -0.296 e. The van der Waals surface area contributed by atoms with Gasteiger partial charge in [0.15, 0.2) is 0 Å². The van der Waals surface area contributed by atoms with Crippen LogP contribution in [0.1, 0.15) is 5.56 Å². The van der Waals surface area contributed by atoms with Crippen molar-refractivity contribution in [2.24, 2.45) is 0 Å². The summed E-state index contributed by atoms with van der Waals surface area (Å²) >= 11 is 0. The van der Waals surface area contributed by atoms with Gasteiger partial charge >= 0.3 is 0 Å². The fourth-order valence-corrected chi connectivity index (χ4v) is 6.28. The van der Waals surface area contributed by atoms with Crippen LogP contribution in [-0.4, -0.2) is 17.3 Å². The molecule has 1 unspecified atom stereocenters. The van der Waals surface area contributed by atoms with Crippen molar-refractivity contribution in [2.45, 2.75) is 12.5 Å². The Morgan fingerprint density at radius 1 is 0.750 bits per heavy atom. The van der Waals surface area contributed by atoms with Crippen LogP contribution in [0.3, 0.4) is 0 Å². The van der Waals surface area contributed by atoms with Crippen molar-refractivity contribution in [1.29, 1.82) is 0 Å². The first-order valence-electron chi connectivity index (χ1n) is 8.31. The molecule has 24 heavy (non-hydrogen) atoms. The predicted octanol–water partition coefficient (Wildman–Crippen LogP) is 3.84. The Morgan fingerprint density at radius 2 is 1.21 bits per heavy atom. The molecule has 120 valence electrons. The first-order valence-corrected chi connectivity index (χ1v) is 9.97. The summed E-state index contributed by atoms with van der Waals surface area (Å²) < 4.78 is 16.3. The SMILES string of the molecule is O=P(c1ccccc1)(c1ccccc1)N1C[C@H]1Cc1ccccc1. The molecule has 1 heterocycles. The van der Waals surface area contributed by atoms with Gasteiger partial charge in [-0.15, -0.1) is 0 Å². The summed E-state index contributed by atoms with van der Waals surface area (Å²) in [6.07, 6.45) is 0.949. The van der Waals surface area contributed by atoms with E-state index in [0.29, 0.717) is 6.04 Å². The highest BCUT2D eigenvalue weighted by Gasteiger charge is 2.48. The summed E-state index contributed by atoms with van der Waals surface area (Å²) in [4.78, 5) is 0. The topological polar surface area (TPSA) is 20.1 Å². The van der Waals surface area contributed by atoms with Crippen LogP contribution in [0.25, 0.3) is 0 Å². The first-order chi connectivity index (χ1) is 11.8. The molecule has 0 aromatic heterocycles. The van der Waals surface area contributed by atoms with Crippen LogP contribution in [0.15, 0.2) is 91.0 Å². The highest BCUT2D eigenvalue weighted by molar-refractivity contribution is 7.76. The van der Waals surface area contributed by atoms with Crippen molar-refractivity contribution in [2.75, 3.05) is 6.54 Å². The fourth-order valence-electron chi connectivity index (χ4n) is 3.28. The minimum absolute atomic E-state index is 0.346. The number of hydrogen-bond donors (Lipinski definition) is 0. The van der Waals surface area contributed by atoms with Crippen molar-refractivity contribution < 1.29 is 4.57 Å². The second-order valence-electron chi connectivity index (χ2n) is 6.21. The van der Waals surface area contributed by atoms with Gasteiger partial charge in [0.2, 0.25) is 7.29 Å². The Hall–Kier alpha value is -2.15. The van der Waals surface area contributed by atoms with Gasteiger partial charge < -0.3 is 0 Å². The van der Waals surface area contributed by atoms with E-state index in [2.05, 4.69) is 28.9 Å². The summed E-state index contributed by atoms with van der Waals surface area (Å²) in [5, 5.41) is 1.85. The highest BCUT2D eigenvalue weighted by atomic mass is 31.2. The lowest BCUT2D eigenvalue weighted by molar-refractivity contribution is 0.557. The van der Waals surface area contributed by atoms with Gasteiger partial charge in [-0.2, -0.15) is 0 Å². The van der Waals surface area contributed by atoms with E-state index in [-0.39, 0.29) is 0 Å². The van der Waals surface area contributed by atoms with E-state index in [1.54, 1.807) is 0 Å². The molecule has 1 aliphatic heterocycles. The Kier molecular flexibility index (Phi) is 4.10. The lowest BCUT2D eigenvalue weighted by Gasteiger charge is -2.21. The van der Waals surface area contributed by atoms with Crippen molar-refractivity contribution in [1.82, 2.24) is 4.67 Å². The molecule has 2 nitrogen and oxygen atoms in total. The third kappa shape index (κ3) is 2.84. The van der Waals surface area contributed by atoms with E-state index in [1.165, 1.54) is 5.56 Å². The number of nitrogens with zero attached hydrogens (tertiary/aromatic N) is 1. The Bertz CT molecular complexity index is 805. The van der Waals surface area contributed by atoms with Crippen LogP contribution in [0, 0.1) is 0 Å². The Morgan fingerprint density at radius 3 is 1.71 bits per heavy atom. The smallest absolute Gasteiger partial charge is 0.207 e. The molecule has 0 bridgehead atoms. The van der Waals surface area contributed by atoms with E-state index in [0.717, 1.165) is 23.6 Å². The highest BCUT2D eigenvalue weighted by Crippen LogP contribution is 2.55. The molecule has 1 aliphatic rings. The molecule has 4 rings (SSSR count). The maximum Gasteiger partial charge on any atom is 0.207 e. The molecule has 0 spiro atoms. The lowest BCUT2D eigenvalue weighted by Crippen LogP contribution is -2.22. The van der Waals surface area contributed by atoms with Gasteiger partial charge in [0.05, 0.1) is 0 Å². The second-order valence-corrected chi connectivity index (χ2v) is 8.91. The summed E-state index contributed by atoms with van der Waals surface area (Å²) in [6.45, 7) is 0.885. The normalized spacial score (nSPS) is 19.8. The first kappa shape index (κ1) is 15.4. The molecular weight excluding hydrogens is 313 g/mol. The average molecular weight is 333 g/mol. The second kappa shape index (κ2) is 6.39. The van der Waals surface area contributed by atoms with Gasteiger partial charge in [0.1, 0.15) is 0 Å². The van der Waals surface area contributed by atoms with Crippen molar-refractivity contribution in [3.8, 4) is 0 Å². The molecule has 1 fully saturated rings. The number of hydrogen-bond acceptors (Lipinski definition) is 1. The molecule has 0 radical (unpaired) electrons. The van der Waals surface area contributed by atoms with Crippen LogP contribution in [0.2, 0.25) is 0 Å². The average Bonchev–Trinajstić information content (AvgIpc) is 3.43. The van der Waals surface area contributed by atoms with Gasteiger partial charge in [0.25, 0.3) is 0 Å². The molecule has 0 amide bonds. The largest absolute Gasteiger partial charge is 0.296 e. The van der Waals surface area contributed by atoms with Crippen LogP contribution < -0.4 is 10.6 Å². The molecule has 3 heteroatoms. The molecule has 0 saturated carbocycles. The van der Waals surface area contributed by atoms with Gasteiger partial charge in [-0.05, 0) is 36.2 Å². The molecule has 2 atom stereocenters. The van der Waals surface area contributed by atoms with E-state index < -0.39 is 7.29 Å². The van der Waals surface area contributed by atoms with Gasteiger partial charge in [-0.3, -0.25) is 4.57 Å². The maximum absolute atomic E-state index is 14.1. The number of benzene rings is 3. The zero-order valence-electron chi connectivity index (χ0n) is 13.5. The third-order valence-corrected chi connectivity index (χ3v) is 7.78. The van der Waals surface area contributed by atoms with Crippen molar-refractivity contribution in [3.05, 3.63) is 96.6 Å². The molecule has 0 aliphatic carbocycles. The Labute approximate surface area is 143 Å². The predicted molar refractivity (Wildman–Crippen MR) is 100 cm³/mol. The van der Waals surface area contributed by atoms with Crippen LogP contribution in [0.5, 0.6) is 0 Å². The van der Waals surface area contributed by atoms with E-state index in [9.17, 15) is 4.57 Å². The van der Waals surface area contributed by atoms with Crippen LogP contribution in [-0.2, 0) is 11.0 Å². The van der Waals surface area contributed by atoms with Crippen LogP contribution in [0.4, 0.5) is 0 Å². The molecular formula is C21H20NOP. The molecule has 0 N–H and O–H groups in total. The number of rotatable bonds is 5. The van der Waals surface area contributed by atoms with E-state index >= 15 is 0 Å². The summed E-state index contributed by atoms with van der Waals surface area (Å²) in [6, 6.07) is 30.6. The third-order valence-electron chi connectivity index (χ3n) is 4.57. The zero-order chi connectivity index (χ0) is 16.4. The van der Waals surface area contributed by atoms with Gasteiger partial charge in [-0.25, -0.2) is 4.67 Å². The quantitative estimate of drug-likeness (QED) is 0.522. The zero-order valence-corrected chi connectivity index (χ0v) is 14.3. The van der Waals surface area contributed by atoms with E-state index in [4.69, 9.17) is 0 Å². The molecule has 3 aromatic carbocycles. The summed E-state index contributed by atoms with van der Waals surface area (Å²) in [5.41, 5.74) is 1.30. The van der Waals surface area contributed by atoms with Crippen LogP contribution >= 0.6 is 7.29 Å². The monoisotopic (exact) mass is 333 g/mol. The van der Waals surface area contributed by atoms with Crippen molar-refractivity contribution >= 4 is 17.9 Å². The molecule has 1 saturated heterocycles. The maximum atomic E-state index is 14.1. The standard InChI is InChI=1S/C21H20NOP/c23-24(20-12-6-2-7-13-20,21-14-8-3-9-15-21)22-17-19(22)16-18-10-4-1-5-11-18/h1-15,19H,16-17H2/t19-,22?/m1/s1. The van der Waals surface area contributed by atoms with Crippen molar-refractivity contribution in [3.63, 3.8) is 0 Å². The van der Waals surface area contributed by atoms with Gasteiger partial charge in [0, 0.05) is 23.2 Å². The minimum atomic E-state index is -2.74. The molecule has 3 aromatic rings. The van der Waals surface area contributed by atoms with E-state index in [1.807, 2.05) is 66.7 Å². The lowest BCUT2D eigenvalue weighted by atomic mass is 10.1. The summed E-state index contributed by atoms with van der Waals surface area (Å²) in [7, 11) is -2.74. The Balaban J connectivity index is 1.67. The summed E-state index contributed by atoms with van der Waals surface area (Å²) in [5.74, 6) is 0. The van der Waals surface area contributed by atoms with Gasteiger partial charge in [-0.1, -0.05) is 66.7 Å².